The molecule has 7 N–H and O–H groups in total. The van der Waals surface area contributed by atoms with Gasteiger partial charge in [0.2, 0.25) is 11.9 Å². The van der Waals surface area contributed by atoms with Crippen LogP contribution in [0.25, 0.3) is 10.8 Å². The Morgan fingerprint density at radius 2 is 1.38 bits per heavy atom. The molecule has 5 aromatic rings. The Bertz CT molecular complexity index is 2750. The van der Waals surface area contributed by atoms with Crippen LogP contribution in [0.1, 0.15) is 0 Å². The van der Waals surface area contributed by atoms with Gasteiger partial charge in [-0.3, -0.25) is 13.7 Å². The minimum absolute atomic E-state index is 0.140. The van der Waals surface area contributed by atoms with E-state index in [0.29, 0.717) is 6.07 Å². The van der Waals surface area contributed by atoms with Crippen molar-refractivity contribution in [1.29, 1.82) is 0 Å². The predicted octanol–water partition coefficient (Wildman–Crippen LogP) is 3.15. The van der Waals surface area contributed by atoms with Gasteiger partial charge in [0, 0.05) is 11.1 Å². The van der Waals surface area contributed by atoms with Gasteiger partial charge < -0.3 is 25.6 Å². The highest BCUT2D eigenvalue weighted by Gasteiger charge is 2.26. The number of methoxy groups -OCH3 is 1. The number of sulfone groups is 1. The zero-order chi connectivity index (χ0) is 38.9. The van der Waals surface area contributed by atoms with Crippen molar-refractivity contribution in [1.82, 2.24) is 15.0 Å². The van der Waals surface area contributed by atoms with Gasteiger partial charge in [-0.1, -0.05) is 18.2 Å². The number of nitrogens with zero attached hydrogens (tertiary/aromatic N) is 5. The molecule has 25 heteroatoms. The fraction of sp³-hybridized carbons (Fsp3) is 0.107. The van der Waals surface area contributed by atoms with Crippen molar-refractivity contribution in [3.63, 3.8) is 0 Å². The fourth-order valence-corrected chi connectivity index (χ4v) is 7.57. The van der Waals surface area contributed by atoms with E-state index in [-0.39, 0.29) is 22.5 Å². The highest BCUT2D eigenvalue weighted by atomic mass is 32.2. The van der Waals surface area contributed by atoms with Crippen molar-refractivity contribution in [2.24, 2.45) is 10.2 Å². The molecular weight excluding hydrogens is 787 g/mol. The summed E-state index contributed by atoms with van der Waals surface area (Å²) >= 11 is 0. The van der Waals surface area contributed by atoms with Crippen LogP contribution in [0.4, 0.5) is 34.6 Å². The summed E-state index contributed by atoms with van der Waals surface area (Å²) in [5.41, 5.74) is -1.76. The first kappa shape index (κ1) is 38.8. The average molecular weight is 812 g/mol. The van der Waals surface area contributed by atoms with Gasteiger partial charge in [0.1, 0.15) is 21.2 Å². The Kier molecular flexibility index (Phi) is 10.7. The van der Waals surface area contributed by atoms with Crippen molar-refractivity contribution in [2.45, 2.75) is 19.6 Å². The molecule has 53 heavy (non-hydrogen) atoms. The normalized spacial score (nSPS) is 12.6. The number of fused-ring (bicyclic) bond motifs is 1. The lowest BCUT2D eigenvalue weighted by Gasteiger charge is -2.15. The predicted molar refractivity (Wildman–Crippen MR) is 184 cm³/mol. The van der Waals surface area contributed by atoms with Crippen molar-refractivity contribution in [2.75, 3.05) is 30.1 Å². The minimum atomic E-state index is -5.29. The third-order valence-corrected chi connectivity index (χ3v) is 11.2. The quantitative estimate of drug-likeness (QED) is 0.0663. The van der Waals surface area contributed by atoms with Gasteiger partial charge in [-0.25, -0.2) is 8.42 Å². The van der Waals surface area contributed by atoms with Crippen molar-refractivity contribution >= 4 is 85.6 Å². The van der Waals surface area contributed by atoms with E-state index in [1.807, 2.05) is 0 Å². The molecule has 0 amide bonds. The van der Waals surface area contributed by atoms with Gasteiger partial charge in [0.15, 0.2) is 15.6 Å². The lowest BCUT2D eigenvalue weighted by molar-refractivity contribution is 0.319. The average Bonchev–Trinajstić information content (AvgIpc) is 3.06. The molecule has 0 bridgehead atoms. The van der Waals surface area contributed by atoms with Crippen LogP contribution in [-0.4, -0.2) is 92.0 Å². The van der Waals surface area contributed by atoms with Gasteiger partial charge in [0.25, 0.3) is 30.4 Å². The van der Waals surface area contributed by atoms with Crippen LogP contribution in [0.5, 0.6) is 11.8 Å². The van der Waals surface area contributed by atoms with Crippen molar-refractivity contribution in [3.8, 4) is 11.8 Å². The number of aliphatic hydroxyl groups excluding tert-OH is 1. The van der Waals surface area contributed by atoms with Crippen molar-refractivity contribution < 1.29 is 62.3 Å². The first-order valence-electron chi connectivity index (χ1n) is 14.3. The van der Waals surface area contributed by atoms with Gasteiger partial charge in [0.05, 0.1) is 34.9 Å². The molecule has 21 nitrogen and oxygen atoms in total. The molecule has 0 atom stereocenters. The number of nitrogens with one attached hydrogen (secondary N) is 2. The van der Waals surface area contributed by atoms with E-state index in [1.54, 1.807) is 0 Å². The molecule has 0 aliphatic carbocycles. The highest BCUT2D eigenvalue weighted by Crippen LogP contribution is 2.46. The number of ether oxygens (including phenoxy) is 1. The molecule has 1 aromatic heterocycles. The number of hydrogen-bond acceptors (Lipinski definition) is 18. The molecule has 0 aliphatic heterocycles. The largest absolute Gasteiger partial charge is 0.505 e. The van der Waals surface area contributed by atoms with Gasteiger partial charge in [-0.2, -0.15) is 40.2 Å². The van der Waals surface area contributed by atoms with Crippen LogP contribution >= 0.6 is 0 Å². The summed E-state index contributed by atoms with van der Waals surface area (Å²) in [6.07, 6.45) is 0. The van der Waals surface area contributed by atoms with E-state index < -0.39 is 107 Å². The molecule has 0 spiro atoms. The van der Waals surface area contributed by atoms with E-state index in [0.717, 1.165) is 24.3 Å². The van der Waals surface area contributed by atoms with Crippen LogP contribution in [-0.2, 0) is 40.2 Å². The number of phenols is 1. The molecule has 0 saturated heterocycles. The Balaban J connectivity index is 1.69. The van der Waals surface area contributed by atoms with Crippen LogP contribution in [0.15, 0.2) is 96.5 Å². The summed E-state index contributed by atoms with van der Waals surface area (Å²) in [6, 6.07) is 11.8. The number of aromatic hydroxyl groups is 1. The van der Waals surface area contributed by atoms with E-state index in [1.165, 1.54) is 43.5 Å². The molecule has 5 rings (SSSR count). The van der Waals surface area contributed by atoms with E-state index in [9.17, 15) is 52.4 Å². The monoisotopic (exact) mass is 811 g/mol. The van der Waals surface area contributed by atoms with Gasteiger partial charge in [-0.15, -0.1) is 10.2 Å². The second-order valence-corrected chi connectivity index (χ2v) is 16.8. The Morgan fingerprint density at radius 1 is 0.717 bits per heavy atom. The van der Waals surface area contributed by atoms with Crippen LogP contribution in [0.2, 0.25) is 0 Å². The number of phenolic OH excluding ortho intramolecular Hbond substituents is 1. The number of rotatable bonds is 13. The maximum Gasteiger partial charge on any atom is 0.322 e. The van der Waals surface area contributed by atoms with Crippen LogP contribution in [0.3, 0.4) is 0 Å². The maximum atomic E-state index is 12.5. The molecule has 0 aliphatic rings. The van der Waals surface area contributed by atoms with E-state index in [4.69, 9.17) is 9.84 Å². The standard InChI is InChI=1S/C28H25N7O14S4/c1-49-28-32-26(29-16-5-4-6-17(13-16)50(38,39)10-9-36)31-27(33-28)30-20-14-18(51(40,41)42)11-15-12-22(53(46,47)48)24(25(37)23(15)20)35-34-19-7-2-3-8-21(19)52(43,44)45/h2-8,11-14,36-37H,9-10H2,1H3,(H,40,41,42)(H,43,44,45)(H,46,47,48)(H2,29,30,31,32,33). The minimum Gasteiger partial charge on any atom is -0.505 e. The smallest absolute Gasteiger partial charge is 0.322 e. The van der Waals surface area contributed by atoms with Crippen LogP contribution < -0.4 is 15.4 Å². The topological polar surface area (TPSA) is 334 Å². The first-order valence-corrected chi connectivity index (χ1v) is 20.2. The summed E-state index contributed by atoms with van der Waals surface area (Å²) in [7, 11) is -17.9. The fourth-order valence-electron chi connectivity index (χ4n) is 4.68. The maximum absolute atomic E-state index is 12.5. The summed E-state index contributed by atoms with van der Waals surface area (Å²) in [5.74, 6) is -2.31. The lowest BCUT2D eigenvalue weighted by atomic mass is 10.1. The zero-order valence-electron chi connectivity index (χ0n) is 26.5. The Hall–Kier alpha value is -5.41. The van der Waals surface area contributed by atoms with E-state index >= 15 is 0 Å². The SMILES string of the molecule is COc1nc(Nc2cccc(S(=O)(=O)CCO)c2)nc(Nc2cc(S(=O)(=O)O)cc3cc(S(=O)(=O)O)c(N=Nc4ccccc4S(=O)(=O)O)c(O)c23)n1. The summed E-state index contributed by atoms with van der Waals surface area (Å²) in [4.78, 5) is 9.33. The number of azo groups is 1. The molecule has 280 valence electrons. The number of anilines is 4. The number of aliphatic hydroxyl groups is 1. The number of hydrogen-bond donors (Lipinski definition) is 7. The summed E-state index contributed by atoms with van der Waals surface area (Å²) in [5, 5.41) is 32.3. The third kappa shape index (κ3) is 8.80. The van der Waals surface area contributed by atoms with Crippen molar-refractivity contribution in [3.05, 3.63) is 66.7 Å². The van der Waals surface area contributed by atoms with Gasteiger partial charge in [-0.05, 0) is 53.9 Å². The van der Waals surface area contributed by atoms with Gasteiger partial charge >= 0.3 is 6.01 Å². The molecule has 0 unspecified atom stereocenters. The lowest BCUT2D eigenvalue weighted by Crippen LogP contribution is -2.10. The highest BCUT2D eigenvalue weighted by molar-refractivity contribution is 7.91. The molecule has 0 saturated carbocycles. The third-order valence-electron chi connectivity index (χ3n) is 6.95. The molecule has 0 fully saturated rings. The number of aromatic nitrogens is 3. The summed E-state index contributed by atoms with van der Waals surface area (Å²) < 4.78 is 133. The second-order valence-electron chi connectivity index (χ2n) is 10.5. The number of benzene rings is 4. The summed E-state index contributed by atoms with van der Waals surface area (Å²) in [6.45, 7) is -0.619. The Labute approximate surface area is 300 Å². The molecule has 0 radical (unpaired) electrons. The second kappa shape index (κ2) is 14.5. The molecular formula is C28H25N7O14S4. The first-order chi connectivity index (χ1) is 24.7. The molecule has 4 aromatic carbocycles. The molecule has 1 heterocycles. The Morgan fingerprint density at radius 3 is 2.00 bits per heavy atom. The zero-order valence-corrected chi connectivity index (χ0v) is 29.8. The van der Waals surface area contributed by atoms with E-state index in [2.05, 4.69) is 35.8 Å². The van der Waals surface area contributed by atoms with Crippen LogP contribution in [0, 0.1) is 0 Å².